The molecule has 1 saturated carbocycles. The summed E-state index contributed by atoms with van der Waals surface area (Å²) in [5.41, 5.74) is 1.03. The Hall–Kier alpha value is -1.92. The molecular formula is C23H35N3O3. The number of piperidine rings is 1. The van der Waals surface area contributed by atoms with E-state index in [4.69, 9.17) is 4.74 Å². The molecule has 160 valence electrons. The fourth-order valence-corrected chi connectivity index (χ4v) is 3.84. The van der Waals surface area contributed by atoms with Crippen LogP contribution in [0.3, 0.4) is 0 Å². The molecule has 1 heterocycles. The molecule has 2 N–H and O–H groups in total. The van der Waals surface area contributed by atoms with Gasteiger partial charge in [-0.25, -0.2) is 0 Å². The van der Waals surface area contributed by atoms with Gasteiger partial charge in [-0.2, -0.15) is 0 Å². The summed E-state index contributed by atoms with van der Waals surface area (Å²) in [5.74, 6) is 0.250. The van der Waals surface area contributed by atoms with Gasteiger partial charge < -0.3 is 15.4 Å². The van der Waals surface area contributed by atoms with Gasteiger partial charge in [0.2, 0.25) is 11.8 Å². The van der Waals surface area contributed by atoms with Gasteiger partial charge >= 0.3 is 0 Å². The van der Waals surface area contributed by atoms with Crippen LogP contribution in [0.4, 0.5) is 0 Å². The highest BCUT2D eigenvalue weighted by atomic mass is 16.5. The van der Waals surface area contributed by atoms with E-state index < -0.39 is 0 Å². The Kier molecular flexibility index (Phi) is 8.07. The summed E-state index contributed by atoms with van der Waals surface area (Å²) in [5, 5.41) is 6.20. The Morgan fingerprint density at radius 3 is 2.41 bits per heavy atom. The monoisotopic (exact) mass is 401 g/mol. The van der Waals surface area contributed by atoms with Gasteiger partial charge in [-0.15, -0.1) is 0 Å². The third-order valence-corrected chi connectivity index (χ3v) is 5.62. The predicted molar refractivity (Wildman–Crippen MR) is 113 cm³/mol. The number of benzene rings is 1. The highest BCUT2D eigenvalue weighted by Gasteiger charge is 2.35. The second-order valence-corrected chi connectivity index (χ2v) is 8.47. The third kappa shape index (κ3) is 6.82. The van der Waals surface area contributed by atoms with Crippen LogP contribution in [0, 0.1) is 5.92 Å². The molecule has 0 aromatic heterocycles. The van der Waals surface area contributed by atoms with Gasteiger partial charge in [0.1, 0.15) is 6.04 Å². The topological polar surface area (TPSA) is 70.7 Å². The minimum absolute atomic E-state index is 0.0279. The molecule has 0 radical (unpaired) electrons. The molecule has 6 nitrogen and oxygen atoms in total. The van der Waals surface area contributed by atoms with Gasteiger partial charge in [0, 0.05) is 25.1 Å². The number of likely N-dealkylation sites (tertiary alicyclic amines) is 1. The normalized spacial score (nSPS) is 19.1. The zero-order chi connectivity index (χ0) is 20.6. The molecule has 1 aliphatic heterocycles. The van der Waals surface area contributed by atoms with E-state index in [1.54, 1.807) is 0 Å². The van der Waals surface area contributed by atoms with Crippen molar-refractivity contribution in [3.63, 3.8) is 0 Å². The standard InChI is InChI=1S/C23H35N3O3/c1-17(2)29-16-6-13-24-22(27)19-11-14-26(15-12-19)21(18-7-4-3-5-8-18)23(28)25-20-9-10-20/h3-5,7-8,17,19-21H,6,9-16H2,1-2H3,(H,24,27)(H,25,28). The van der Waals surface area contributed by atoms with Crippen molar-refractivity contribution in [3.8, 4) is 0 Å². The number of rotatable bonds is 10. The molecule has 6 heteroatoms. The van der Waals surface area contributed by atoms with E-state index in [9.17, 15) is 9.59 Å². The smallest absolute Gasteiger partial charge is 0.242 e. The van der Waals surface area contributed by atoms with Crippen LogP contribution in [0.2, 0.25) is 0 Å². The molecule has 1 unspecified atom stereocenters. The van der Waals surface area contributed by atoms with Crippen molar-refractivity contribution < 1.29 is 14.3 Å². The fraction of sp³-hybridized carbons (Fsp3) is 0.652. The van der Waals surface area contributed by atoms with Crippen molar-refractivity contribution >= 4 is 11.8 Å². The van der Waals surface area contributed by atoms with Crippen molar-refractivity contribution in [3.05, 3.63) is 35.9 Å². The van der Waals surface area contributed by atoms with Crippen LogP contribution in [0.25, 0.3) is 0 Å². The molecule has 1 saturated heterocycles. The molecule has 3 rings (SSSR count). The summed E-state index contributed by atoms with van der Waals surface area (Å²) < 4.78 is 5.51. The lowest BCUT2D eigenvalue weighted by Crippen LogP contribution is -2.47. The quantitative estimate of drug-likeness (QED) is 0.592. The van der Waals surface area contributed by atoms with Crippen LogP contribution in [0.15, 0.2) is 30.3 Å². The SMILES string of the molecule is CC(C)OCCCNC(=O)C1CCN(C(C(=O)NC2CC2)c2ccccc2)CC1. The first-order valence-electron chi connectivity index (χ1n) is 11.0. The van der Waals surface area contributed by atoms with E-state index in [0.29, 0.717) is 19.2 Å². The molecule has 0 bridgehead atoms. The highest BCUT2D eigenvalue weighted by Crippen LogP contribution is 2.29. The summed E-state index contributed by atoms with van der Waals surface area (Å²) in [7, 11) is 0. The van der Waals surface area contributed by atoms with Gasteiger partial charge in [-0.1, -0.05) is 30.3 Å². The lowest BCUT2D eigenvalue weighted by Gasteiger charge is -2.36. The number of nitrogens with zero attached hydrogens (tertiary/aromatic N) is 1. The van der Waals surface area contributed by atoms with Crippen molar-refractivity contribution in [2.75, 3.05) is 26.2 Å². The first-order chi connectivity index (χ1) is 14.0. The van der Waals surface area contributed by atoms with Gasteiger partial charge in [-0.05, 0) is 64.6 Å². The number of carbonyl (C=O) groups is 2. The van der Waals surface area contributed by atoms with E-state index in [1.807, 2.05) is 44.2 Å². The second kappa shape index (κ2) is 10.7. The van der Waals surface area contributed by atoms with Crippen molar-refractivity contribution in [1.82, 2.24) is 15.5 Å². The first-order valence-corrected chi connectivity index (χ1v) is 11.0. The average Bonchev–Trinajstić information content (AvgIpc) is 3.53. The van der Waals surface area contributed by atoms with E-state index in [2.05, 4.69) is 15.5 Å². The van der Waals surface area contributed by atoms with Crippen molar-refractivity contribution in [1.29, 1.82) is 0 Å². The third-order valence-electron chi connectivity index (χ3n) is 5.62. The summed E-state index contributed by atoms with van der Waals surface area (Å²) in [6.07, 6.45) is 4.79. The van der Waals surface area contributed by atoms with Crippen LogP contribution in [-0.2, 0) is 14.3 Å². The molecule has 1 aromatic rings. The number of hydrogen-bond acceptors (Lipinski definition) is 4. The summed E-state index contributed by atoms with van der Waals surface area (Å²) in [6, 6.07) is 10.1. The van der Waals surface area contributed by atoms with Gasteiger partial charge in [0.25, 0.3) is 0 Å². The molecule has 2 amide bonds. The first kappa shape index (κ1) is 21.8. The summed E-state index contributed by atoms with van der Waals surface area (Å²) in [6.45, 7) is 6.87. The number of ether oxygens (including phenoxy) is 1. The predicted octanol–water partition coefficient (Wildman–Crippen LogP) is 2.65. The van der Waals surface area contributed by atoms with Gasteiger partial charge in [-0.3, -0.25) is 14.5 Å². The molecule has 2 fully saturated rings. The Morgan fingerprint density at radius 1 is 1.10 bits per heavy atom. The van der Waals surface area contributed by atoms with Crippen LogP contribution >= 0.6 is 0 Å². The molecular weight excluding hydrogens is 366 g/mol. The summed E-state index contributed by atoms with van der Waals surface area (Å²) >= 11 is 0. The van der Waals surface area contributed by atoms with E-state index in [-0.39, 0.29) is 29.9 Å². The maximum atomic E-state index is 12.9. The van der Waals surface area contributed by atoms with Crippen LogP contribution in [0.1, 0.15) is 57.6 Å². The second-order valence-electron chi connectivity index (χ2n) is 8.47. The summed E-state index contributed by atoms with van der Waals surface area (Å²) in [4.78, 5) is 27.6. The minimum atomic E-state index is -0.269. The average molecular weight is 402 g/mol. The van der Waals surface area contributed by atoms with Gasteiger partial charge in [0.15, 0.2) is 0 Å². The fourth-order valence-electron chi connectivity index (χ4n) is 3.84. The van der Waals surface area contributed by atoms with Crippen LogP contribution in [0.5, 0.6) is 0 Å². The lowest BCUT2D eigenvalue weighted by atomic mass is 9.93. The number of amides is 2. The molecule has 1 aliphatic carbocycles. The number of carbonyl (C=O) groups excluding carboxylic acids is 2. The van der Waals surface area contributed by atoms with Crippen molar-refractivity contribution in [2.45, 2.75) is 64.1 Å². The molecule has 29 heavy (non-hydrogen) atoms. The van der Waals surface area contributed by atoms with Crippen LogP contribution < -0.4 is 10.6 Å². The van der Waals surface area contributed by atoms with Crippen molar-refractivity contribution in [2.24, 2.45) is 5.92 Å². The molecule has 1 atom stereocenters. The van der Waals surface area contributed by atoms with E-state index >= 15 is 0 Å². The number of nitrogens with one attached hydrogen (secondary N) is 2. The Labute approximate surface area is 174 Å². The molecule has 2 aliphatic rings. The Balaban J connectivity index is 1.49. The Morgan fingerprint density at radius 2 is 1.79 bits per heavy atom. The Bertz CT molecular complexity index is 653. The van der Waals surface area contributed by atoms with Gasteiger partial charge in [0.05, 0.1) is 6.10 Å². The minimum Gasteiger partial charge on any atom is -0.379 e. The highest BCUT2D eigenvalue weighted by molar-refractivity contribution is 5.84. The zero-order valence-electron chi connectivity index (χ0n) is 17.7. The molecule has 1 aromatic carbocycles. The largest absolute Gasteiger partial charge is 0.379 e. The zero-order valence-corrected chi connectivity index (χ0v) is 17.7. The maximum absolute atomic E-state index is 12.9. The maximum Gasteiger partial charge on any atom is 0.242 e. The number of hydrogen-bond donors (Lipinski definition) is 2. The van der Waals surface area contributed by atoms with Crippen LogP contribution in [-0.4, -0.2) is 55.1 Å². The lowest BCUT2D eigenvalue weighted by molar-refractivity contribution is -0.129. The van der Waals surface area contributed by atoms with E-state index in [1.165, 1.54) is 0 Å². The van der Waals surface area contributed by atoms with E-state index in [0.717, 1.165) is 50.8 Å². The molecule has 0 spiro atoms.